The van der Waals surface area contributed by atoms with Crippen LogP contribution >= 0.6 is 15.9 Å². The van der Waals surface area contributed by atoms with Crippen molar-refractivity contribution in [3.05, 3.63) is 34.1 Å². The summed E-state index contributed by atoms with van der Waals surface area (Å²) >= 11 is 3.12. The number of carbonyl (C=O) groups is 1. The van der Waals surface area contributed by atoms with Gasteiger partial charge in [-0.15, -0.1) is 0 Å². The Labute approximate surface area is 120 Å². The fourth-order valence-corrected chi connectivity index (χ4v) is 2.73. The number of halogens is 2. The van der Waals surface area contributed by atoms with Crippen molar-refractivity contribution in [2.24, 2.45) is 5.92 Å². The van der Waals surface area contributed by atoms with Gasteiger partial charge in [-0.1, -0.05) is 6.07 Å². The fraction of sp³-hybridized carbons (Fsp3) is 0.500. The Kier molecular flexibility index (Phi) is 4.93. The van der Waals surface area contributed by atoms with Crippen LogP contribution in [0.15, 0.2) is 22.7 Å². The van der Waals surface area contributed by atoms with Crippen molar-refractivity contribution in [3.63, 3.8) is 0 Å². The largest absolute Gasteiger partial charge is 0.396 e. The second-order valence-corrected chi connectivity index (χ2v) is 5.79. The van der Waals surface area contributed by atoms with Gasteiger partial charge in [-0.3, -0.25) is 4.79 Å². The maximum absolute atomic E-state index is 13.1. The quantitative estimate of drug-likeness (QED) is 0.924. The van der Waals surface area contributed by atoms with Gasteiger partial charge in [0.2, 0.25) is 5.91 Å². The van der Waals surface area contributed by atoms with Gasteiger partial charge in [0.05, 0.1) is 10.9 Å². The van der Waals surface area contributed by atoms with E-state index in [1.807, 2.05) is 4.90 Å². The number of nitrogens with zero attached hydrogens (tertiary/aromatic N) is 1. The van der Waals surface area contributed by atoms with Gasteiger partial charge < -0.3 is 10.0 Å². The molecule has 1 heterocycles. The van der Waals surface area contributed by atoms with Crippen molar-refractivity contribution in [2.45, 2.75) is 19.3 Å². The zero-order valence-corrected chi connectivity index (χ0v) is 12.2. The summed E-state index contributed by atoms with van der Waals surface area (Å²) in [5, 5.41) is 9.06. The molecular weight excluding hydrogens is 313 g/mol. The third-order valence-electron chi connectivity index (χ3n) is 3.56. The van der Waals surface area contributed by atoms with E-state index in [1.165, 1.54) is 6.07 Å². The normalized spacial score (nSPS) is 16.7. The molecule has 0 spiro atoms. The average Bonchev–Trinajstić information content (AvgIpc) is 2.43. The Morgan fingerprint density at radius 3 is 2.68 bits per heavy atom. The van der Waals surface area contributed by atoms with Crippen LogP contribution in [0.1, 0.15) is 18.4 Å². The summed E-state index contributed by atoms with van der Waals surface area (Å²) in [6.07, 6.45) is 2.01. The summed E-state index contributed by atoms with van der Waals surface area (Å²) in [4.78, 5) is 13.9. The van der Waals surface area contributed by atoms with Crippen LogP contribution in [-0.2, 0) is 11.2 Å². The van der Waals surface area contributed by atoms with E-state index in [0.717, 1.165) is 18.4 Å². The van der Waals surface area contributed by atoms with E-state index in [2.05, 4.69) is 15.9 Å². The van der Waals surface area contributed by atoms with Gasteiger partial charge in [-0.05, 0) is 52.4 Å². The van der Waals surface area contributed by atoms with Gasteiger partial charge in [-0.25, -0.2) is 4.39 Å². The number of carbonyl (C=O) groups excluding carboxylic acids is 1. The Bertz CT molecular complexity index is 459. The van der Waals surface area contributed by atoms with Gasteiger partial charge in [0.15, 0.2) is 0 Å². The molecule has 1 aliphatic rings. The summed E-state index contributed by atoms with van der Waals surface area (Å²) in [5.41, 5.74) is 0.808. The van der Waals surface area contributed by atoms with Gasteiger partial charge in [0.1, 0.15) is 5.82 Å². The average molecular weight is 330 g/mol. The topological polar surface area (TPSA) is 40.5 Å². The number of piperidine rings is 1. The molecule has 0 bridgehead atoms. The van der Waals surface area contributed by atoms with Crippen molar-refractivity contribution in [1.82, 2.24) is 4.90 Å². The fourth-order valence-electron chi connectivity index (χ4n) is 2.30. The number of hydrogen-bond acceptors (Lipinski definition) is 2. The van der Waals surface area contributed by atoms with E-state index >= 15 is 0 Å². The third-order valence-corrected chi connectivity index (χ3v) is 4.17. The monoisotopic (exact) mass is 329 g/mol. The first-order valence-corrected chi connectivity index (χ1v) is 7.22. The molecule has 2 rings (SSSR count). The lowest BCUT2D eigenvalue weighted by atomic mass is 9.97. The SMILES string of the molecule is O=C(Cc1ccc(F)c(Br)c1)N1CCC(CO)CC1. The highest BCUT2D eigenvalue weighted by Crippen LogP contribution is 2.20. The van der Waals surface area contributed by atoms with Crippen LogP contribution in [0, 0.1) is 11.7 Å². The Morgan fingerprint density at radius 2 is 2.11 bits per heavy atom. The summed E-state index contributed by atoms with van der Waals surface area (Å²) in [7, 11) is 0. The van der Waals surface area contributed by atoms with Crippen LogP contribution in [0.5, 0.6) is 0 Å². The van der Waals surface area contributed by atoms with E-state index < -0.39 is 0 Å². The predicted molar refractivity (Wildman–Crippen MR) is 74.2 cm³/mol. The summed E-state index contributed by atoms with van der Waals surface area (Å²) in [6.45, 7) is 1.60. The number of hydrogen-bond donors (Lipinski definition) is 1. The van der Waals surface area contributed by atoms with Crippen LogP contribution in [0.2, 0.25) is 0 Å². The summed E-state index contributed by atoms with van der Waals surface area (Å²) in [6, 6.07) is 4.65. The number of benzene rings is 1. The van der Waals surface area contributed by atoms with Gasteiger partial charge >= 0.3 is 0 Å². The Balaban J connectivity index is 1.92. The minimum absolute atomic E-state index is 0.0647. The summed E-state index contributed by atoms with van der Waals surface area (Å²) in [5.74, 6) is 0.0684. The number of aliphatic hydroxyl groups excluding tert-OH is 1. The van der Waals surface area contributed by atoms with E-state index in [9.17, 15) is 9.18 Å². The van der Waals surface area contributed by atoms with Gasteiger partial charge in [-0.2, -0.15) is 0 Å². The standard InChI is InChI=1S/C14H17BrFNO2/c15-12-7-11(1-2-13(12)16)8-14(19)17-5-3-10(9-18)4-6-17/h1-2,7,10,18H,3-6,8-9H2. The van der Waals surface area contributed by atoms with Crippen molar-refractivity contribution in [3.8, 4) is 0 Å². The first-order valence-electron chi connectivity index (χ1n) is 6.42. The molecule has 0 atom stereocenters. The molecule has 1 aromatic carbocycles. The van der Waals surface area contributed by atoms with Crippen molar-refractivity contribution >= 4 is 21.8 Å². The molecule has 104 valence electrons. The smallest absolute Gasteiger partial charge is 0.226 e. The molecule has 0 saturated carbocycles. The minimum Gasteiger partial charge on any atom is -0.396 e. The maximum atomic E-state index is 13.1. The lowest BCUT2D eigenvalue weighted by Crippen LogP contribution is -2.40. The summed E-state index contributed by atoms with van der Waals surface area (Å²) < 4.78 is 13.5. The molecule has 1 aliphatic heterocycles. The molecular formula is C14H17BrFNO2. The molecule has 5 heteroatoms. The molecule has 1 N–H and O–H groups in total. The molecule has 0 aromatic heterocycles. The number of rotatable bonds is 3. The zero-order valence-electron chi connectivity index (χ0n) is 10.6. The third kappa shape index (κ3) is 3.76. The predicted octanol–water partition coefficient (Wildman–Crippen LogP) is 2.36. The second-order valence-electron chi connectivity index (χ2n) is 4.93. The van der Waals surface area contributed by atoms with E-state index in [0.29, 0.717) is 29.9 Å². The van der Waals surface area contributed by atoms with E-state index in [1.54, 1.807) is 12.1 Å². The Morgan fingerprint density at radius 1 is 1.42 bits per heavy atom. The highest BCUT2D eigenvalue weighted by atomic mass is 79.9. The second kappa shape index (κ2) is 6.48. The van der Waals surface area contributed by atoms with Crippen LogP contribution < -0.4 is 0 Å². The zero-order chi connectivity index (χ0) is 13.8. The van der Waals surface area contributed by atoms with Crippen molar-refractivity contribution in [1.29, 1.82) is 0 Å². The van der Waals surface area contributed by atoms with E-state index in [4.69, 9.17) is 5.11 Å². The molecule has 1 amide bonds. The Hall–Kier alpha value is -0.940. The number of likely N-dealkylation sites (tertiary alicyclic amines) is 1. The van der Waals surface area contributed by atoms with E-state index in [-0.39, 0.29) is 18.3 Å². The van der Waals surface area contributed by atoms with Crippen LogP contribution in [0.4, 0.5) is 4.39 Å². The van der Waals surface area contributed by atoms with Crippen LogP contribution in [0.3, 0.4) is 0 Å². The lowest BCUT2D eigenvalue weighted by Gasteiger charge is -2.31. The molecule has 3 nitrogen and oxygen atoms in total. The number of amides is 1. The highest BCUT2D eigenvalue weighted by Gasteiger charge is 2.22. The highest BCUT2D eigenvalue weighted by molar-refractivity contribution is 9.10. The molecule has 1 aromatic rings. The van der Waals surface area contributed by atoms with Crippen LogP contribution in [0.25, 0.3) is 0 Å². The lowest BCUT2D eigenvalue weighted by molar-refractivity contribution is -0.132. The molecule has 0 radical (unpaired) electrons. The first kappa shape index (κ1) is 14.5. The molecule has 19 heavy (non-hydrogen) atoms. The molecule has 1 fully saturated rings. The van der Waals surface area contributed by atoms with Gasteiger partial charge in [0.25, 0.3) is 0 Å². The van der Waals surface area contributed by atoms with Gasteiger partial charge in [0, 0.05) is 19.7 Å². The number of aliphatic hydroxyl groups is 1. The maximum Gasteiger partial charge on any atom is 0.226 e. The molecule has 0 unspecified atom stereocenters. The van der Waals surface area contributed by atoms with Crippen molar-refractivity contribution in [2.75, 3.05) is 19.7 Å². The molecule has 1 saturated heterocycles. The first-order chi connectivity index (χ1) is 9.10. The minimum atomic E-state index is -0.319. The van der Waals surface area contributed by atoms with Crippen LogP contribution in [-0.4, -0.2) is 35.6 Å². The molecule has 0 aliphatic carbocycles. The van der Waals surface area contributed by atoms with Crippen molar-refractivity contribution < 1.29 is 14.3 Å².